The summed E-state index contributed by atoms with van der Waals surface area (Å²) in [6.07, 6.45) is 6.65. The lowest BCUT2D eigenvalue weighted by Crippen LogP contribution is -2.38. The molecule has 0 unspecified atom stereocenters. The molecule has 0 radical (unpaired) electrons. The summed E-state index contributed by atoms with van der Waals surface area (Å²) in [5, 5.41) is 0. The van der Waals surface area contributed by atoms with Crippen LogP contribution >= 0.6 is 0 Å². The summed E-state index contributed by atoms with van der Waals surface area (Å²) in [4.78, 5) is 11.0. The number of hydrogen-bond acceptors (Lipinski definition) is 1. The van der Waals surface area contributed by atoms with Gasteiger partial charge in [-0.2, -0.15) is 0 Å². The third-order valence-electron chi connectivity index (χ3n) is 3.28. The fraction of sp³-hybridized carbons (Fsp3) is 0.667. The molecule has 0 bridgehead atoms. The number of carbonyl (C=O) groups excluding carboxylic acids is 1. The van der Waals surface area contributed by atoms with Gasteiger partial charge in [-0.25, -0.2) is 0 Å². The first-order valence-electron chi connectivity index (χ1n) is 4.07. The predicted octanol–water partition coefficient (Wildman–Crippen LogP) is 1.40. The lowest BCUT2D eigenvalue weighted by molar-refractivity contribution is -0.132. The van der Waals surface area contributed by atoms with Gasteiger partial charge in [-0.3, -0.25) is 4.79 Å². The fourth-order valence-electron chi connectivity index (χ4n) is 2.45. The topological polar surface area (TPSA) is 17.1 Å². The number of rotatable bonds is 0. The van der Waals surface area contributed by atoms with Crippen molar-refractivity contribution in [2.45, 2.75) is 12.8 Å². The quantitative estimate of drug-likeness (QED) is 0.458. The smallest absolute Gasteiger partial charge is 0.140 e. The normalized spacial score (nSPS) is 55.0. The predicted molar refractivity (Wildman–Crippen MR) is 37.3 cm³/mol. The van der Waals surface area contributed by atoms with Gasteiger partial charge in [0.2, 0.25) is 0 Å². The maximum absolute atomic E-state index is 11.0. The Labute approximate surface area is 60.1 Å². The second-order valence-corrected chi connectivity index (χ2v) is 3.81. The van der Waals surface area contributed by atoms with E-state index in [9.17, 15) is 4.79 Å². The molecule has 0 spiro atoms. The van der Waals surface area contributed by atoms with Crippen molar-refractivity contribution in [1.82, 2.24) is 0 Å². The van der Waals surface area contributed by atoms with Crippen LogP contribution in [-0.2, 0) is 4.79 Å². The van der Waals surface area contributed by atoms with Gasteiger partial charge in [0.05, 0.1) is 0 Å². The zero-order chi connectivity index (χ0) is 6.72. The average Bonchev–Trinajstić information content (AvgIpc) is 2.63. The van der Waals surface area contributed by atoms with Crippen molar-refractivity contribution in [3.05, 3.63) is 12.2 Å². The van der Waals surface area contributed by atoms with Crippen molar-refractivity contribution in [2.24, 2.45) is 23.7 Å². The number of hydrogen-bond donors (Lipinski definition) is 0. The van der Waals surface area contributed by atoms with Crippen LogP contribution in [0.15, 0.2) is 12.2 Å². The van der Waals surface area contributed by atoms with Crippen molar-refractivity contribution < 1.29 is 4.79 Å². The monoisotopic (exact) mass is 134 g/mol. The van der Waals surface area contributed by atoms with Crippen LogP contribution in [-0.4, -0.2) is 5.78 Å². The van der Waals surface area contributed by atoms with Crippen LogP contribution in [0.2, 0.25) is 0 Å². The lowest BCUT2D eigenvalue weighted by atomic mass is 9.67. The number of Topliss-reactive ketones (excluding diaryl/α,β-unsaturated/α-hetero) is 1. The van der Waals surface area contributed by atoms with Crippen molar-refractivity contribution >= 4 is 5.78 Å². The molecule has 52 valence electrons. The van der Waals surface area contributed by atoms with Crippen LogP contribution in [0.3, 0.4) is 0 Å². The molecule has 2 saturated carbocycles. The van der Waals surface area contributed by atoms with Gasteiger partial charge in [-0.15, -0.1) is 0 Å². The third kappa shape index (κ3) is 0.437. The van der Waals surface area contributed by atoms with Gasteiger partial charge in [0.1, 0.15) is 5.78 Å². The maximum Gasteiger partial charge on any atom is 0.140 e. The molecule has 0 amide bonds. The Morgan fingerprint density at radius 3 is 3.00 bits per heavy atom. The van der Waals surface area contributed by atoms with Gasteiger partial charge in [0, 0.05) is 12.3 Å². The highest BCUT2D eigenvalue weighted by molar-refractivity contribution is 5.89. The van der Waals surface area contributed by atoms with E-state index < -0.39 is 0 Å². The summed E-state index contributed by atoms with van der Waals surface area (Å²) in [7, 11) is 0. The minimum Gasteiger partial charge on any atom is -0.299 e. The number of allylic oxidation sites excluding steroid dienone is 2. The molecule has 0 aliphatic heterocycles. The van der Waals surface area contributed by atoms with Crippen molar-refractivity contribution in [1.29, 1.82) is 0 Å². The standard InChI is InChI=1S/C9H10O/c10-9-4-8-6(9)2-1-5-3-7(5)8/h1-2,5-8H,3-4H2/t5-,6+,7+,8+/m0/s1. The molecule has 0 aromatic carbocycles. The molecule has 3 aliphatic rings. The van der Waals surface area contributed by atoms with Crippen molar-refractivity contribution in [3.63, 3.8) is 0 Å². The van der Waals surface area contributed by atoms with Gasteiger partial charge in [-0.05, 0) is 24.2 Å². The average molecular weight is 134 g/mol. The fourth-order valence-corrected chi connectivity index (χ4v) is 2.45. The summed E-state index contributed by atoms with van der Waals surface area (Å²) in [6, 6.07) is 0. The van der Waals surface area contributed by atoms with E-state index in [0.29, 0.717) is 11.7 Å². The lowest BCUT2D eigenvalue weighted by Gasteiger charge is -2.35. The zero-order valence-electron chi connectivity index (χ0n) is 5.79. The van der Waals surface area contributed by atoms with E-state index >= 15 is 0 Å². The molecular weight excluding hydrogens is 124 g/mol. The Morgan fingerprint density at radius 1 is 1.30 bits per heavy atom. The van der Waals surface area contributed by atoms with E-state index in [2.05, 4.69) is 12.2 Å². The van der Waals surface area contributed by atoms with Crippen LogP contribution in [0.1, 0.15) is 12.8 Å². The Hall–Kier alpha value is -0.590. The van der Waals surface area contributed by atoms with E-state index in [-0.39, 0.29) is 0 Å². The van der Waals surface area contributed by atoms with E-state index in [1.807, 2.05) is 0 Å². The first-order valence-corrected chi connectivity index (χ1v) is 4.07. The zero-order valence-corrected chi connectivity index (χ0v) is 5.79. The molecule has 0 aromatic heterocycles. The highest BCUT2D eigenvalue weighted by Gasteiger charge is 2.53. The van der Waals surface area contributed by atoms with Gasteiger partial charge < -0.3 is 0 Å². The van der Waals surface area contributed by atoms with Crippen LogP contribution in [0.25, 0.3) is 0 Å². The molecule has 2 fully saturated rings. The molecule has 0 aromatic rings. The second-order valence-electron chi connectivity index (χ2n) is 3.81. The number of fused-ring (bicyclic) bond motifs is 3. The van der Waals surface area contributed by atoms with E-state index in [0.717, 1.165) is 24.2 Å². The Bertz CT molecular complexity index is 229. The molecule has 4 atom stereocenters. The second kappa shape index (κ2) is 1.36. The summed E-state index contributed by atoms with van der Waals surface area (Å²) < 4.78 is 0. The van der Waals surface area contributed by atoms with Gasteiger partial charge in [0.15, 0.2) is 0 Å². The molecule has 0 saturated heterocycles. The molecule has 0 N–H and O–H groups in total. The minimum atomic E-state index is 0.351. The number of carbonyl (C=O) groups is 1. The van der Waals surface area contributed by atoms with E-state index in [4.69, 9.17) is 0 Å². The first kappa shape index (κ1) is 5.11. The van der Waals surface area contributed by atoms with E-state index in [1.54, 1.807) is 0 Å². The highest BCUT2D eigenvalue weighted by Crippen LogP contribution is 2.57. The molecule has 3 rings (SSSR count). The summed E-state index contributed by atoms with van der Waals surface area (Å²) in [5.41, 5.74) is 0. The largest absolute Gasteiger partial charge is 0.299 e. The molecular formula is C9H10O. The number of ketones is 1. The summed E-state index contributed by atoms with van der Waals surface area (Å²) in [5.74, 6) is 3.37. The van der Waals surface area contributed by atoms with Crippen LogP contribution in [0.4, 0.5) is 0 Å². The molecule has 3 aliphatic carbocycles. The molecule has 0 heterocycles. The molecule has 1 nitrogen and oxygen atoms in total. The Balaban J connectivity index is 1.96. The van der Waals surface area contributed by atoms with Crippen LogP contribution < -0.4 is 0 Å². The molecule has 1 heteroatoms. The van der Waals surface area contributed by atoms with Crippen molar-refractivity contribution in [3.8, 4) is 0 Å². The minimum absolute atomic E-state index is 0.351. The van der Waals surface area contributed by atoms with E-state index in [1.165, 1.54) is 6.42 Å². The van der Waals surface area contributed by atoms with Gasteiger partial charge in [-0.1, -0.05) is 12.2 Å². The first-order chi connectivity index (χ1) is 4.86. The summed E-state index contributed by atoms with van der Waals surface area (Å²) in [6.45, 7) is 0. The highest BCUT2D eigenvalue weighted by atomic mass is 16.1. The Morgan fingerprint density at radius 2 is 2.20 bits per heavy atom. The van der Waals surface area contributed by atoms with Crippen molar-refractivity contribution in [2.75, 3.05) is 0 Å². The van der Waals surface area contributed by atoms with Gasteiger partial charge >= 0.3 is 0 Å². The molecule has 10 heavy (non-hydrogen) atoms. The maximum atomic E-state index is 11.0. The SMILES string of the molecule is O=C1C[C@H]2[C@@H]3C[C@@H]3C=C[C@@H]12. The Kier molecular flexibility index (Phi) is 0.697. The van der Waals surface area contributed by atoms with Gasteiger partial charge in [0.25, 0.3) is 0 Å². The van der Waals surface area contributed by atoms with Crippen LogP contribution in [0.5, 0.6) is 0 Å². The third-order valence-corrected chi connectivity index (χ3v) is 3.28. The van der Waals surface area contributed by atoms with Crippen LogP contribution in [0, 0.1) is 23.7 Å². The summed E-state index contributed by atoms with van der Waals surface area (Å²) >= 11 is 0.